The summed E-state index contributed by atoms with van der Waals surface area (Å²) < 4.78 is 22.8. The first-order valence-electron chi connectivity index (χ1n) is 12.1. The van der Waals surface area contributed by atoms with Gasteiger partial charge in [0.1, 0.15) is 29.0 Å². The number of carbonyl (C=O) groups is 2. The van der Waals surface area contributed by atoms with E-state index in [9.17, 15) is 9.59 Å². The summed E-state index contributed by atoms with van der Waals surface area (Å²) in [5.41, 5.74) is 3.30. The van der Waals surface area contributed by atoms with Gasteiger partial charge in [0, 0.05) is 21.4 Å². The summed E-state index contributed by atoms with van der Waals surface area (Å²) in [6, 6.07) is 18.0. The molecule has 0 radical (unpaired) electrons. The first kappa shape index (κ1) is 26.2. The molecule has 0 saturated heterocycles. The number of halogens is 2. The van der Waals surface area contributed by atoms with Crippen LogP contribution in [0.25, 0.3) is 0 Å². The molecule has 0 bridgehead atoms. The summed E-state index contributed by atoms with van der Waals surface area (Å²) in [6.07, 6.45) is 1.41. The van der Waals surface area contributed by atoms with Gasteiger partial charge in [0.05, 0.1) is 24.6 Å². The molecule has 1 atom stereocenters. The second-order valence-electron chi connectivity index (χ2n) is 9.06. The SMILES string of the molecule is COc1ccccc1NC(=O)C1=C(C)Nc2c(C(=O)Nc3ccc(C)cc3)cnn2C1c1cc(Br)ccc1F. The van der Waals surface area contributed by atoms with Crippen molar-refractivity contribution in [3.05, 3.63) is 111 Å². The number of ether oxygens (including phenoxy) is 1. The lowest BCUT2D eigenvalue weighted by molar-refractivity contribution is -0.113. The minimum absolute atomic E-state index is 0.213. The highest BCUT2D eigenvalue weighted by molar-refractivity contribution is 9.10. The molecule has 198 valence electrons. The summed E-state index contributed by atoms with van der Waals surface area (Å²) in [5, 5.41) is 13.3. The minimum Gasteiger partial charge on any atom is -0.495 e. The molecule has 4 aromatic rings. The highest BCUT2D eigenvalue weighted by atomic mass is 79.9. The largest absolute Gasteiger partial charge is 0.495 e. The molecule has 2 amide bonds. The first-order valence-corrected chi connectivity index (χ1v) is 12.9. The Morgan fingerprint density at radius 1 is 1.03 bits per heavy atom. The van der Waals surface area contributed by atoms with E-state index < -0.39 is 23.7 Å². The van der Waals surface area contributed by atoms with E-state index in [4.69, 9.17) is 4.74 Å². The Balaban J connectivity index is 1.57. The van der Waals surface area contributed by atoms with Gasteiger partial charge in [-0.15, -0.1) is 0 Å². The number of nitrogens with zero attached hydrogens (tertiary/aromatic N) is 2. The number of carbonyl (C=O) groups excluding carboxylic acids is 2. The molecule has 8 nitrogen and oxygen atoms in total. The zero-order valence-electron chi connectivity index (χ0n) is 21.4. The van der Waals surface area contributed by atoms with Gasteiger partial charge >= 0.3 is 0 Å². The lowest BCUT2D eigenvalue weighted by Crippen LogP contribution is -2.32. The summed E-state index contributed by atoms with van der Waals surface area (Å²) in [4.78, 5) is 27.0. The predicted octanol–water partition coefficient (Wildman–Crippen LogP) is 6.28. The van der Waals surface area contributed by atoms with Crippen molar-refractivity contribution in [1.82, 2.24) is 9.78 Å². The van der Waals surface area contributed by atoms with Crippen molar-refractivity contribution in [2.24, 2.45) is 0 Å². The van der Waals surface area contributed by atoms with Gasteiger partial charge in [-0.25, -0.2) is 9.07 Å². The van der Waals surface area contributed by atoms with Gasteiger partial charge in [0.2, 0.25) is 0 Å². The van der Waals surface area contributed by atoms with Crippen LogP contribution in [-0.4, -0.2) is 28.7 Å². The third-order valence-electron chi connectivity index (χ3n) is 6.43. The molecule has 39 heavy (non-hydrogen) atoms. The molecule has 2 heterocycles. The van der Waals surface area contributed by atoms with Gasteiger partial charge in [0.25, 0.3) is 11.8 Å². The molecule has 1 aliphatic rings. The highest BCUT2D eigenvalue weighted by Gasteiger charge is 2.37. The van der Waals surface area contributed by atoms with Crippen molar-refractivity contribution in [1.29, 1.82) is 0 Å². The summed E-state index contributed by atoms with van der Waals surface area (Å²) >= 11 is 3.41. The van der Waals surface area contributed by atoms with Crippen LogP contribution in [0, 0.1) is 12.7 Å². The average molecular weight is 590 g/mol. The number of aromatic nitrogens is 2. The van der Waals surface area contributed by atoms with Crippen LogP contribution in [0.4, 0.5) is 21.6 Å². The van der Waals surface area contributed by atoms with Crippen molar-refractivity contribution in [3.63, 3.8) is 0 Å². The molecule has 10 heteroatoms. The number of benzene rings is 3. The lowest BCUT2D eigenvalue weighted by Gasteiger charge is -2.30. The maximum absolute atomic E-state index is 15.3. The van der Waals surface area contributed by atoms with Gasteiger partial charge in [-0.05, 0) is 56.3 Å². The van der Waals surface area contributed by atoms with Crippen LogP contribution >= 0.6 is 15.9 Å². The molecule has 5 rings (SSSR count). The zero-order valence-corrected chi connectivity index (χ0v) is 23.0. The fourth-order valence-electron chi connectivity index (χ4n) is 4.50. The Morgan fingerprint density at radius 2 is 1.77 bits per heavy atom. The number of hydrogen-bond acceptors (Lipinski definition) is 5. The highest BCUT2D eigenvalue weighted by Crippen LogP contribution is 2.40. The van der Waals surface area contributed by atoms with Crippen LogP contribution in [0.3, 0.4) is 0 Å². The first-order chi connectivity index (χ1) is 18.8. The third-order valence-corrected chi connectivity index (χ3v) is 6.92. The number of para-hydroxylation sites is 2. The number of hydrogen-bond donors (Lipinski definition) is 3. The van der Waals surface area contributed by atoms with Crippen molar-refractivity contribution < 1.29 is 18.7 Å². The van der Waals surface area contributed by atoms with Crippen LogP contribution in [0.2, 0.25) is 0 Å². The smallest absolute Gasteiger partial charge is 0.261 e. The molecule has 0 spiro atoms. The zero-order chi connectivity index (χ0) is 27.7. The van der Waals surface area contributed by atoms with Crippen LogP contribution in [0.1, 0.15) is 34.5 Å². The molecule has 3 aromatic carbocycles. The molecule has 1 unspecified atom stereocenters. The quantitative estimate of drug-likeness (QED) is 0.246. The molecule has 0 fully saturated rings. The maximum Gasteiger partial charge on any atom is 0.261 e. The van der Waals surface area contributed by atoms with Gasteiger partial charge in [-0.1, -0.05) is 45.8 Å². The number of fused-ring (bicyclic) bond motifs is 1. The van der Waals surface area contributed by atoms with E-state index in [-0.39, 0.29) is 16.7 Å². The molecule has 1 aromatic heterocycles. The molecule has 1 aliphatic heterocycles. The van der Waals surface area contributed by atoms with Crippen LogP contribution in [-0.2, 0) is 4.79 Å². The number of nitrogens with one attached hydrogen (secondary N) is 3. The van der Waals surface area contributed by atoms with E-state index in [1.807, 2.05) is 31.2 Å². The Labute approximate surface area is 233 Å². The van der Waals surface area contributed by atoms with Crippen molar-refractivity contribution in [2.75, 3.05) is 23.1 Å². The molecule has 0 saturated carbocycles. The van der Waals surface area contributed by atoms with Crippen LogP contribution in [0.15, 0.2) is 88.7 Å². The molecular formula is C29H25BrFN5O3. The van der Waals surface area contributed by atoms with Gasteiger partial charge in [-0.3, -0.25) is 9.59 Å². The Bertz CT molecular complexity index is 1610. The van der Waals surface area contributed by atoms with Gasteiger partial charge in [-0.2, -0.15) is 5.10 Å². The standard InChI is InChI=1S/C29H25BrFN5O3/c1-16-8-11-19(12-9-16)34-28(37)21-15-32-36-26(20-14-18(30)10-13-22(20)31)25(17(2)33-27(21)36)29(38)35-23-6-4-5-7-24(23)39-3/h4-15,26,33H,1-3H3,(H,34,37)(H,35,38). The normalized spacial score (nSPS) is 14.3. The summed E-state index contributed by atoms with van der Waals surface area (Å²) in [5.74, 6) is -0.563. The van der Waals surface area contributed by atoms with E-state index >= 15 is 4.39 Å². The van der Waals surface area contributed by atoms with Crippen molar-refractivity contribution >= 4 is 44.9 Å². The van der Waals surface area contributed by atoms with E-state index in [1.165, 1.54) is 24.1 Å². The van der Waals surface area contributed by atoms with E-state index in [2.05, 4.69) is 37.0 Å². The lowest BCUT2D eigenvalue weighted by atomic mass is 9.94. The number of anilines is 3. The Kier molecular flexibility index (Phi) is 7.21. The Hall–Kier alpha value is -4.44. The number of rotatable bonds is 6. The van der Waals surface area contributed by atoms with E-state index in [0.717, 1.165) is 5.56 Å². The minimum atomic E-state index is -0.964. The monoisotopic (exact) mass is 589 g/mol. The topological polar surface area (TPSA) is 97.3 Å². The fraction of sp³-hybridized carbons (Fsp3) is 0.138. The predicted molar refractivity (Wildman–Crippen MR) is 152 cm³/mol. The number of allylic oxidation sites excluding steroid dienone is 1. The number of amides is 2. The van der Waals surface area contributed by atoms with Gasteiger partial charge in [0.15, 0.2) is 0 Å². The van der Waals surface area contributed by atoms with E-state index in [1.54, 1.807) is 43.3 Å². The van der Waals surface area contributed by atoms with Crippen LogP contribution in [0.5, 0.6) is 5.75 Å². The molecular weight excluding hydrogens is 565 g/mol. The summed E-state index contributed by atoms with van der Waals surface area (Å²) in [6.45, 7) is 3.67. The summed E-state index contributed by atoms with van der Waals surface area (Å²) in [7, 11) is 1.51. The maximum atomic E-state index is 15.3. The van der Waals surface area contributed by atoms with Crippen LogP contribution < -0.4 is 20.7 Å². The Morgan fingerprint density at radius 3 is 2.51 bits per heavy atom. The molecule has 0 aliphatic carbocycles. The number of methoxy groups -OCH3 is 1. The van der Waals surface area contributed by atoms with Crippen molar-refractivity contribution in [2.45, 2.75) is 19.9 Å². The third kappa shape index (κ3) is 5.15. The second-order valence-corrected chi connectivity index (χ2v) is 9.97. The van der Waals surface area contributed by atoms with Gasteiger partial charge < -0.3 is 20.7 Å². The second kappa shape index (κ2) is 10.7. The van der Waals surface area contributed by atoms with Crippen molar-refractivity contribution in [3.8, 4) is 5.75 Å². The fourth-order valence-corrected chi connectivity index (χ4v) is 4.88. The molecule has 3 N–H and O–H groups in total. The van der Waals surface area contributed by atoms with E-state index in [0.29, 0.717) is 33.1 Å². The number of aryl methyl sites for hydroxylation is 1. The average Bonchev–Trinajstić information content (AvgIpc) is 3.34.